The van der Waals surface area contributed by atoms with Crippen LogP contribution >= 0.6 is 0 Å². The molecule has 0 fully saturated rings. The van der Waals surface area contributed by atoms with Gasteiger partial charge in [-0.1, -0.05) is 60.3 Å². The lowest BCUT2D eigenvalue weighted by molar-refractivity contribution is -0.140. The first-order valence-electron chi connectivity index (χ1n) is 9.13. The number of rotatable bonds is 8. The van der Waals surface area contributed by atoms with E-state index in [0.29, 0.717) is 11.7 Å². The van der Waals surface area contributed by atoms with E-state index in [1.807, 2.05) is 12.1 Å². The number of hydrogen-bond donors (Lipinski definition) is 1. The minimum absolute atomic E-state index is 0.0161. The molecule has 0 bridgehead atoms. The zero-order chi connectivity index (χ0) is 20.0. The summed E-state index contributed by atoms with van der Waals surface area (Å²) >= 11 is 0. The van der Waals surface area contributed by atoms with Crippen molar-refractivity contribution in [2.24, 2.45) is 10.8 Å². The zero-order valence-electron chi connectivity index (χ0n) is 17.0. The molecule has 4 nitrogen and oxygen atoms in total. The van der Waals surface area contributed by atoms with Gasteiger partial charge in [-0.25, -0.2) is 4.79 Å². The zero-order valence-corrected chi connectivity index (χ0v) is 17.0. The normalized spacial score (nSPS) is 14.4. The number of ether oxygens (including phenoxy) is 2. The van der Waals surface area contributed by atoms with Gasteiger partial charge in [-0.3, -0.25) is 0 Å². The van der Waals surface area contributed by atoms with Crippen LogP contribution in [0.15, 0.2) is 36.9 Å². The molecule has 0 aromatic heterocycles. The molecule has 0 aliphatic heterocycles. The van der Waals surface area contributed by atoms with E-state index in [2.05, 4.69) is 60.3 Å². The molecule has 146 valence electrons. The lowest BCUT2D eigenvalue weighted by Gasteiger charge is -2.36. The molecule has 26 heavy (non-hydrogen) atoms. The van der Waals surface area contributed by atoms with E-state index in [9.17, 15) is 9.90 Å². The van der Waals surface area contributed by atoms with Crippen molar-refractivity contribution in [2.75, 3.05) is 13.2 Å². The molecule has 1 aromatic rings. The summed E-state index contributed by atoms with van der Waals surface area (Å²) in [4.78, 5) is 11.1. The van der Waals surface area contributed by atoms with Crippen LogP contribution in [0.3, 0.4) is 0 Å². The molecule has 4 heteroatoms. The van der Waals surface area contributed by atoms with Crippen molar-refractivity contribution < 1.29 is 19.4 Å². The first-order valence-corrected chi connectivity index (χ1v) is 9.13. The molecule has 0 aliphatic carbocycles. The minimum atomic E-state index is -0.599. The van der Waals surface area contributed by atoms with Crippen molar-refractivity contribution in [3.8, 4) is 5.75 Å². The van der Waals surface area contributed by atoms with Gasteiger partial charge in [0.05, 0.1) is 6.61 Å². The number of aliphatic hydroxyl groups excluding tert-OH is 1. The van der Waals surface area contributed by atoms with Crippen molar-refractivity contribution in [2.45, 2.75) is 60.0 Å². The van der Waals surface area contributed by atoms with Gasteiger partial charge in [0.15, 0.2) is 6.10 Å². The molecule has 0 saturated carbocycles. The SMILES string of the molecule is C=CC(=O)OCC(CO)Oc1ccc(C(CC(C)(C)C)C(C)(C)C)cc1. The van der Waals surface area contributed by atoms with Crippen LogP contribution in [0, 0.1) is 10.8 Å². The number of esters is 1. The maximum Gasteiger partial charge on any atom is 0.330 e. The smallest absolute Gasteiger partial charge is 0.330 e. The highest BCUT2D eigenvalue weighted by molar-refractivity contribution is 5.81. The van der Waals surface area contributed by atoms with Gasteiger partial charge in [-0.15, -0.1) is 0 Å². The average Bonchev–Trinajstić information content (AvgIpc) is 2.55. The van der Waals surface area contributed by atoms with E-state index < -0.39 is 12.1 Å². The molecule has 0 spiro atoms. The summed E-state index contributed by atoms with van der Waals surface area (Å²) in [6.07, 6.45) is 1.58. The third-order valence-electron chi connectivity index (χ3n) is 4.23. The summed E-state index contributed by atoms with van der Waals surface area (Å²) in [6, 6.07) is 7.99. The monoisotopic (exact) mass is 362 g/mol. The predicted octanol–water partition coefficient (Wildman–Crippen LogP) is 4.72. The van der Waals surface area contributed by atoms with Gasteiger partial charge in [-0.05, 0) is 40.9 Å². The third kappa shape index (κ3) is 7.61. The second-order valence-electron chi connectivity index (χ2n) is 9.01. The van der Waals surface area contributed by atoms with Crippen LogP contribution in [0.25, 0.3) is 0 Å². The van der Waals surface area contributed by atoms with Crippen LogP contribution < -0.4 is 4.74 Å². The maximum absolute atomic E-state index is 11.1. The van der Waals surface area contributed by atoms with Crippen molar-refractivity contribution in [3.05, 3.63) is 42.5 Å². The highest BCUT2D eigenvalue weighted by Gasteiger charge is 2.30. The van der Waals surface area contributed by atoms with E-state index in [4.69, 9.17) is 9.47 Å². The molecule has 0 radical (unpaired) electrons. The maximum atomic E-state index is 11.1. The Balaban J connectivity index is 2.84. The quantitative estimate of drug-likeness (QED) is 0.537. The topological polar surface area (TPSA) is 55.8 Å². The number of carbonyl (C=O) groups excluding carboxylic acids is 1. The summed E-state index contributed by atoms with van der Waals surface area (Å²) in [6.45, 7) is 16.7. The van der Waals surface area contributed by atoms with Crippen molar-refractivity contribution >= 4 is 5.97 Å². The largest absolute Gasteiger partial charge is 0.484 e. The first kappa shape index (κ1) is 22.2. The van der Waals surface area contributed by atoms with Crippen LogP contribution in [-0.2, 0) is 9.53 Å². The Hall–Kier alpha value is -1.81. The summed E-state index contributed by atoms with van der Waals surface area (Å²) in [5.41, 5.74) is 1.67. The summed E-state index contributed by atoms with van der Waals surface area (Å²) < 4.78 is 10.7. The molecular weight excluding hydrogens is 328 g/mol. The summed E-state index contributed by atoms with van der Waals surface area (Å²) in [5.74, 6) is 0.544. The lowest BCUT2D eigenvalue weighted by Crippen LogP contribution is -2.28. The third-order valence-corrected chi connectivity index (χ3v) is 4.23. The fourth-order valence-corrected chi connectivity index (χ4v) is 2.87. The molecule has 1 rings (SSSR count). The Morgan fingerprint density at radius 3 is 2.15 bits per heavy atom. The van der Waals surface area contributed by atoms with E-state index in [0.717, 1.165) is 12.5 Å². The predicted molar refractivity (Wildman–Crippen MR) is 105 cm³/mol. The Bertz CT molecular complexity index is 576. The highest BCUT2D eigenvalue weighted by Crippen LogP contribution is 2.43. The molecule has 0 aliphatic rings. The number of benzene rings is 1. The fraction of sp³-hybridized carbons (Fsp3) is 0.591. The lowest BCUT2D eigenvalue weighted by atomic mass is 9.69. The van der Waals surface area contributed by atoms with Gasteiger partial charge in [0.25, 0.3) is 0 Å². The van der Waals surface area contributed by atoms with Gasteiger partial charge in [0.1, 0.15) is 12.4 Å². The Labute approximate surface area is 158 Å². The Morgan fingerprint density at radius 1 is 1.15 bits per heavy atom. The van der Waals surface area contributed by atoms with Gasteiger partial charge in [0.2, 0.25) is 0 Å². The first-order chi connectivity index (χ1) is 12.0. The molecule has 0 amide bonds. The van der Waals surface area contributed by atoms with Crippen molar-refractivity contribution in [1.82, 2.24) is 0 Å². The Morgan fingerprint density at radius 2 is 1.73 bits per heavy atom. The van der Waals surface area contributed by atoms with E-state index in [1.165, 1.54) is 5.56 Å². The molecule has 0 heterocycles. The highest BCUT2D eigenvalue weighted by atomic mass is 16.6. The molecule has 1 N–H and O–H groups in total. The molecule has 2 atom stereocenters. The number of carbonyl (C=O) groups is 1. The van der Waals surface area contributed by atoms with Gasteiger partial charge < -0.3 is 14.6 Å². The molecule has 1 aromatic carbocycles. The van der Waals surface area contributed by atoms with E-state index in [1.54, 1.807) is 0 Å². The van der Waals surface area contributed by atoms with E-state index >= 15 is 0 Å². The second kappa shape index (κ2) is 9.22. The number of hydrogen-bond acceptors (Lipinski definition) is 4. The molecule has 0 saturated heterocycles. The number of aliphatic hydroxyl groups is 1. The summed E-state index contributed by atoms with van der Waals surface area (Å²) in [7, 11) is 0. The van der Waals surface area contributed by atoms with Crippen LogP contribution in [0.2, 0.25) is 0 Å². The van der Waals surface area contributed by atoms with Crippen LogP contribution in [0.4, 0.5) is 0 Å². The van der Waals surface area contributed by atoms with Crippen LogP contribution in [-0.4, -0.2) is 30.4 Å². The van der Waals surface area contributed by atoms with E-state index in [-0.39, 0.29) is 24.0 Å². The summed E-state index contributed by atoms with van der Waals surface area (Å²) in [5, 5.41) is 9.41. The fourth-order valence-electron chi connectivity index (χ4n) is 2.87. The van der Waals surface area contributed by atoms with Crippen molar-refractivity contribution in [3.63, 3.8) is 0 Å². The van der Waals surface area contributed by atoms with Crippen molar-refractivity contribution in [1.29, 1.82) is 0 Å². The van der Waals surface area contributed by atoms with Gasteiger partial charge in [-0.2, -0.15) is 0 Å². The standard InChI is InChI=1S/C22H34O4/c1-8-20(24)25-15-18(14-23)26-17-11-9-16(10-12-17)19(22(5,6)7)13-21(2,3)4/h8-12,18-19,23H,1,13-15H2,2-7H3. The van der Waals surface area contributed by atoms with Gasteiger partial charge >= 0.3 is 5.97 Å². The molecule has 2 unspecified atom stereocenters. The van der Waals surface area contributed by atoms with Crippen LogP contribution in [0.5, 0.6) is 5.75 Å². The molecular formula is C22H34O4. The second-order valence-corrected chi connectivity index (χ2v) is 9.01. The van der Waals surface area contributed by atoms with Gasteiger partial charge in [0, 0.05) is 6.08 Å². The van der Waals surface area contributed by atoms with Crippen LogP contribution in [0.1, 0.15) is 59.4 Å². The Kier molecular flexibility index (Phi) is 7.88. The minimum Gasteiger partial charge on any atom is -0.484 e. The average molecular weight is 363 g/mol.